The highest BCUT2D eigenvalue weighted by molar-refractivity contribution is 5.81. The van der Waals surface area contributed by atoms with Gasteiger partial charge in [0.05, 0.1) is 11.5 Å². The molecule has 1 aromatic rings. The Bertz CT molecular complexity index is 609. The van der Waals surface area contributed by atoms with Crippen LogP contribution in [-0.4, -0.2) is 35.2 Å². The van der Waals surface area contributed by atoms with Gasteiger partial charge in [0.25, 0.3) is 5.69 Å². The number of nitrogens with one attached hydrogen (secondary N) is 1. The van der Waals surface area contributed by atoms with E-state index in [2.05, 4.69) is 5.32 Å². The van der Waals surface area contributed by atoms with Crippen molar-refractivity contribution in [3.8, 4) is 0 Å². The number of nitro benzene ring substituents is 1. The molecule has 8 nitrogen and oxygen atoms in total. The van der Waals surface area contributed by atoms with Crippen LogP contribution >= 0.6 is 0 Å². The average molecular weight is 338 g/mol. The van der Waals surface area contributed by atoms with Gasteiger partial charge in [0.15, 0.2) is 0 Å². The van der Waals surface area contributed by atoms with E-state index in [4.69, 9.17) is 9.47 Å². The van der Waals surface area contributed by atoms with Gasteiger partial charge in [-0.15, -0.1) is 0 Å². The summed E-state index contributed by atoms with van der Waals surface area (Å²) in [4.78, 5) is 34.2. The molecule has 8 heteroatoms. The van der Waals surface area contributed by atoms with Crippen LogP contribution < -0.4 is 5.32 Å². The Kier molecular flexibility index (Phi) is 6.69. The first-order valence-electron chi connectivity index (χ1n) is 7.52. The number of nitrogens with zero attached hydrogens (tertiary/aromatic N) is 1. The molecule has 0 bridgehead atoms. The van der Waals surface area contributed by atoms with Crippen LogP contribution in [-0.2, 0) is 20.7 Å². The van der Waals surface area contributed by atoms with E-state index in [1.165, 1.54) is 18.2 Å². The number of nitro groups is 1. The highest BCUT2D eigenvalue weighted by Crippen LogP contribution is 2.15. The maximum atomic E-state index is 12.0. The van der Waals surface area contributed by atoms with Gasteiger partial charge in [-0.3, -0.25) is 10.1 Å². The Balaban J connectivity index is 2.90. The zero-order valence-electron chi connectivity index (χ0n) is 14.2. The number of hydrogen-bond acceptors (Lipinski definition) is 6. The third-order valence-corrected chi connectivity index (χ3v) is 2.82. The van der Waals surface area contributed by atoms with Crippen molar-refractivity contribution in [2.75, 3.05) is 6.61 Å². The lowest BCUT2D eigenvalue weighted by Crippen LogP contribution is -2.45. The molecule has 1 N–H and O–H groups in total. The summed E-state index contributed by atoms with van der Waals surface area (Å²) < 4.78 is 10.1. The lowest BCUT2D eigenvalue weighted by atomic mass is 10.1. The van der Waals surface area contributed by atoms with Gasteiger partial charge in [-0.05, 0) is 33.3 Å². The topological polar surface area (TPSA) is 108 Å². The number of benzene rings is 1. The second-order valence-corrected chi connectivity index (χ2v) is 6.08. The van der Waals surface area contributed by atoms with Crippen molar-refractivity contribution < 1.29 is 24.0 Å². The van der Waals surface area contributed by atoms with E-state index in [1.54, 1.807) is 33.8 Å². The molecule has 0 saturated carbocycles. The average Bonchev–Trinajstić information content (AvgIpc) is 2.45. The second-order valence-electron chi connectivity index (χ2n) is 6.08. The zero-order valence-corrected chi connectivity index (χ0v) is 14.2. The molecule has 1 amide bonds. The summed E-state index contributed by atoms with van der Waals surface area (Å²) in [7, 11) is 0. The van der Waals surface area contributed by atoms with Gasteiger partial charge in [0.1, 0.15) is 11.6 Å². The van der Waals surface area contributed by atoms with Crippen molar-refractivity contribution in [1.82, 2.24) is 5.32 Å². The summed E-state index contributed by atoms with van der Waals surface area (Å²) in [5, 5.41) is 13.3. The summed E-state index contributed by atoms with van der Waals surface area (Å²) >= 11 is 0. The fourth-order valence-electron chi connectivity index (χ4n) is 1.92. The maximum absolute atomic E-state index is 12.0. The van der Waals surface area contributed by atoms with E-state index in [1.807, 2.05) is 0 Å². The lowest BCUT2D eigenvalue weighted by molar-refractivity contribution is -0.384. The van der Waals surface area contributed by atoms with E-state index >= 15 is 0 Å². The first kappa shape index (κ1) is 19.4. The minimum Gasteiger partial charge on any atom is -0.464 e. The predicted octanol–water partition coefficient (Wildman–Crippen LogP) is 2.59. The summed E-state index contributed by atoms with van der Waals surface area (Å²) in [5.74, 6) is -0.630. The quantitative estimate of drug-likeness (QED) is 0.485. The largest absolute Gasteiger partial charge is 0.464 e. The van der Waals surface area contributed by atoms with E-state index in [9.17, 15) is 19.7 Å². The molecule has 0 fully saturated rings. The molecule has 0 aromatic heterocycles. The minimum absolute atomic E-state index is 0.0553. The fraction of sp³-hybridized carbons (Fsp3) is 0.500. The van der Waals surface area contributed by atoms with Crippen LogP contribution in [0.4, 0.5) is 10.5 Å². The Hall–Kier alpha value is -2.64. The van der Waals surface area contributed by atoms with Crippen molar-refractivity contribution in [3.63, 3.8) is 0 Å². The lowest BCUT2D eigenvalue weighted by Gasteiger charge is -2.23. The SMILES string of the molecule is CCOC(=O)C(Cc1cccc([N+](=O)[O-])c1)NC(=O)OC(C)(C)C. The van der Waals surface area contributed by atoms with Crippen molar-refractivity contribution >= 4 is 17.7 Å². The first-order valence-corrected chi connectivity index (χ1v) is 7.52. The molecule has 1 aromatic carbocycles. The highest BCUT2D eigenvalue weighted by Gasteiger charge is 2.26. The Morgan fingerprint density at radius 3 is 2.54 bits per heavy atom. The Labute approximate surface area is 140 Å². The number of non-ortho nitro benzene ring substituents is 1. The van der Waals surface area contributed by atoms with Gasteiger partial charge in [-0.2, -0.15) is 0 Å². The van der Waals surface area contributed by atoms with Gasteiger partial charge in [0, 0.05) is 18.6 Å². The number of amides is 1. The van der Waals surface area contributed by atoms with Crippen LogP contribution in [0.2, 0.25) is 0 Å². The number of alkyl carbamates (subject to hydrolysis) is 1. The molecule has 0 aliphatic rings. The van der Waals surface area contributed by atoms with Crippen LogP contribution in [0, 0.1) is 10.1 Å². The van der Waals surface area contributed by atoms with Gasteiger partial charge in [-0.25, -0.2) is 9.59 Å². The number of esters is 1. The molecule has 0 aliphatic heterocycles. The van der Waals surface area contributed by atoms with E-state index in [-0.39, 0.29) is 18.7 Å². The van der Waals surface area contributed by atoms with Crippen molar-refractivity contribution in [2.24, 2.45) is 0 Å². The summed E-state index contributed by atoms with van der Waals surface area (Å²) in [6.07, 6.45) is -0.703. The van der Waals surface area contributed by atoms with Crippen molar-refractivity contribution in [2.45, 2.75) is 45.8 Å². The van der Waals surface area contributed by atoms with E-state index in [0.29, 0.717) is 5.56 Å². The molecular formula is C16H22N2O6. The molecule has 0 saturated heterocycles. The van der Waals surface area contributed by atoms with Gasteiger partial charge in [0.2, 0.25) is 0 Å². The zero-order chi connectivity index (χ0) is 18.3. The first-order chi connectivity index (χ1) is 11.1. The number of ether oxygens (including phenoxy) is 2. The predicted molar refractivity (Wildman–Crippen MR) is 86.6 cm³/mol. The Morgan fingerprint density at radius 2 is 2.00 bits per heavy atom. The molecule has 1 rings (SSSR count). The normalized spacial score (nSPS) is 12.2. The minimum atomic E-state index is -0.998. The van der Waals surface area contributed by atoms with E-state index in [0.717, 1.165) is 0 Å². The molecular weight excluding hydrogens is 316 g/mol. The fourth-order valence-corrected chi connectivity index (χ4v) is 1.92. The van der Waals surface area contributed by atoms with Crippen LogP contribution in [0.15, 0.2) is 24.3 Å². The van der Waals surface area contributed by atoms with Gasteiger partial charge < -0.3 is 14.8 Å². The third kappa shape index (κ3) is 6.64. The van der Waals surface area contributed by atoms with Crippen LogP contribution in [0.3, 0.4) is 0 Å². The summed E-state index contributed by atoms with van der Waals surface area (Å²) in [5.41, 5.74) is -0.278. The van der Waals surface area contributed by atoms with Gasteiger partial charge in [-0.1, -0.05) is 12.1 Å². The van der Waals surface area contributed by atoms with Crippen LogP contribution in [0.5, 0.6) is 0 Å². The molecule has 0 radical (unpaired) electrons. The number of carbonyl (C=O) groups excluding carboxylic acids is 2. The molecule has 24 heavy (non-hydrogen) atoms. The van der Waals surface area contributed by atoms with E-state index < -0.39 is 28.6 Å². The number of rotatable bonds is 6. The summed E-state index contributed by atoms with van der Waals surface area (Å²) in [6, 6.07) is 4.86. The van der Waals surface area contributed by atoms with Crippen LogP contribution in [0.25, 0.3) is 0 Å². The Morgan fingerprint density at radius 1 is 1.33 bits per heavy atom. The smallest absolute Gasteiger partial charge is 0.408 e. The number of carbonyl (C=O) groups is 2. The molecule has 0 heterocycles. The van der Waals surface area contributed by atoms with Crippen molar-refractivity contribution in [3.05, 3.63) is 39.9 Å². The van der Waals surface area contributed by atoms with Gasteiger partial charge >= 0.3 is 12.1 Å². The second kappa shape index (κ2) is 8.28. The van der Waals surface area contributed by atoms with Crippen molar-refractivity contribution in [1.29, 1.82) is 0 Å². The molecule has 1 unspecified atom stereocenters. The molecule has 1 atom stereocenters. The van der Waals surface area contributed by atoms with Crippen LogP contribution in [0.1, 0.15) is 33.3 Å². The molecule has 0 spiro atoms. The highest BCUT2D eigenvalue weighted by atomic mass is 16.6. The summed E-state index contributed by atoms with van der Waals surface area (Å²) in [6.45, 7) is 6.90. The number of hydrogen-bond donors (Lipinski definition) is 1. The molecule has 0 aliphatic carbocycles. The third-order valence-electron chi connectivity index (χ3n) is 2.82. The maximum Gasteiger partial charge on any atom is 0.408 e. The monoisotopic (exact) mass is 338 g/mol. The molecule has 132 valence electrons. The standard InChI is InChI=1S/C16H22N2O6/c1-5-23-14(19)13(17-15(20)24-16(2,3)4)10-11-7-6-8-12(9-11)18(21)22/h6-9,13H,5,10H2,1-4H3,(H,17,20).